The second kappa shape index (κ2) is 29.6. The van der Waals surface area contributed by atoms with Gasteiger partial charge < -0.3 is 60.7 Å². The molecule has 0 spiro atoms. The van der Waals surface area contributed by atoms with Gasteiger partial charge in [-0.05, 0) is 122 Å². The maximum Gasteiger partial charge on any atom is 0.300 e. The normalized spacial score (nSPS) is 15.6. The molecule has 2 unspecified atom stereocenters. The van der Waals surface area contributed by atoms with E-state index in [2.05, 4.69) is 147 Å². The summed E-state index contributed by atoms with van der Waals surface area (Å²) < 4.78 is 88.2. The smallest absolute Gasteiger partial charge is 0.300 e. The number of hydrogen-bond donors (Lipinski definition) is 8. The summed E-state index contributed by atoms with van der Waals surface area (Å²) in [5.74, 6) is 0.119. The van der Waals surface area contributed by atoms with Crippen LogP contribution in [0.2, 0.25) is 10.0 Å². The highest BCUT2D eigenvalue weighted by molar-refractivity contribution is 7.90. The van der Waals surface area contributed by atoms with E-state index in [9.17, 15) is 25.9 Å². The molecule has 2 aromatic heterocycles. The van der Waals surface area contributed by atoms with Gasteiger partial charge in [0.1, 0.15) is 31.8 Å². The number of rotatable bonds is 33. The van der Waals surface area contributed by atoms with Crippen molar-refractivity contribution < 1.29 is 35.1 Å². The minimum Gasteiger partial charge on any atom is -0.478 e. The zero-order chi connectivity index (χ0) is 59.1. The van der Waals surface area contributed by atoms with E-state index in [4.69, 9.17) is 32.4 Å². The Balaban J connectivity index is 1.23. The average molecular weight is 1220 g/mol. The van der Waals surface area contributed by atoms with Gasteiger partial charge in [-0.3, -0.25) is 9.11 Å². The van der Waals surface area contributed by atoms with Crippen LogP contribution in [0.15, 0.2) is 49.2 Å². The molecule has 0 saturated heterocycles. The maximum absolute atomic E-state index is 13.5. The quantitative estimate of drug-likeness (QED) is 0.0119. The van der Waals surface area contributed by atoms with Gasteiger partial charge in [0.15, 0.2) is 28.1 Å². The van der Waals surface area contributed by atoms with Gasteiger partial charge in [-0.2, -0.15) is 46.7 Å². The maximum atomic E-state index is 13.5. The van der Waals surface area contributed by atoms with E-state index in [1.165, 1.54) is 18.2 Å². The summed E-state index contributed by atoms with van der Waals surface area (Å²) in [7, 11) is -10.2. The van der Waals surface area contributed by atoms with Crippen molar-refractivity contribution in [1.29, 1.82) is 0 Å². The Morgan fingerprint density at radius 2 is 1.06 bits per heavy atom. The second-order valence-corrected chi connectivity index (χ2v) is 22.8. The van der Waals surface area contributed by atoms with E-state index < -0.39 is 47.9 Å². The summed E-state index contributed by atoms with van der Waals surface area (Å²) in [4.78, 5) is 44.3. The molecule has 7 rings (SSSR count). The molecule has 0 saturated carbocycles. The van der Waals surface area contributed by atoms with Crippen molar-refractivity contribution in [2.45, 2.75) is 98.1 Å². The first-order valence-corrected chi connectivity index (χ1v) is 31.8. The fraction of sp³-hybridized carbons (Fsp3) is 0.577. The first kappa shape index (κ1) is 63.8. The summed E-state index contributed by atoms with van der Waals surface area (Å²) in [6, 6.07) is 1.70. The molecule has 0 amide bonds. The fourth-order valence-electron chi connectivity index (χ4n) is 9.55. The van der Waals surface area contributed by atoms with Crippen molar-refractivity contribution in [2.24, 2.45) is 4.99 Å². The van der Waals surface area contributed by atoms with Crippen LogP contribution in [0.1, 0.15) is 81.1 Å². The number of ether oxygens (including phenoxy) is 1. The summed E-state index contributed by atoms with van der Waals surface area (Å²) in [6.07, 6.45) is 4.75. The molecule has 30 heteroatoms. The third kappa shape index (κ3) is 16.3. The standard InChI is InChI=1S/C52H78Cl2N18O8S2/c1-9-69(10-2)29-17-25-55-47-63-48(56-26-18-30-70(11-3)12-4)66-51(65-47)61-35-23-21-33-41(45(35)81(73,74)75)79-43-37(53)40-44(38(54)39(43)59-33)80-42-34(60-40)22-24-36(46(42)82(76,77)78)62-52-67-49(57-27-19-31-71(13-5)14-6)64-50(68-52)58-28-20-32-72(15-7)16-8/h21-24,33,41,59H,9-20,25-32H2,1-8H3,(H,73,74,75)(H,76,77,78)(H2,57,58,64,67,68)(H3,55,56,61,63,65,66)/b62-36+. The van der Waals surface area contributed by atoms with Gasteiger partial charge in [-0.1, -0.05) is 84.7 Å². The number of allylic oxidation sites excluding steroid dienone is 1. The molecule has 82 heavy (non-hydrogen) atoms. The van der Waals surface area contributed by atoms with E-state index in [1.807, 2.05) is 0 Å². The van der Waals surface area contributed by atoms with E-state index in [-0.39, 0.29) is 85.0 Å². The van der Waals surface area contributed by atoms with E-state index >= 15 is 0 Å². The molecule has 0 fully saturated rings. The number of fused-ring (bicyclic) bond motifs is 4. The van der Waals surface area contributed by atoms with Crippen LogP contribution in [0.5, 0.6) is 5.75 Å². The van der Waals surface area contributed by atoms with Gasteiger partial charge in [-0.15, -0.1) is 0 Å². The zero-order valence-corrected chi connectivity index (χ0v) is 51.0. The van der Waals surface area contributed by atoms with Gasteiger partial charge in [0, 0.05) is 26.2 Å². The zero-order valence-electron chi connectivity index (χ0n) is 47.9. The van der Waals surface area contributed by atoms with E-state index in [0.717, 1.165) is 104 Å². The average Bonchev–Trinajstić information content (AvgIpc) is 3.54. The summed E-state index contributed by atoms with van der Waals surface area (Å²) in [5.41, 5.74) is -0.509. The van der Waals surface area contributed by atoms with Gasteiger partial charge >= 0.3 is 10.1 Å². The largest absolute Gasteiger partial charge is 0.478 e. The Bertz CT molecular complexity index is 3230. The molecule has 2 atom stereocenters. The number of nitrogens with one attached hydrogen (secondary N) is 6. The molecule has 1 aromatic carbocycles. The van der Waals surface area contributed by atoms with Crippen molar-refractivity contribution in [3.8, 4) is 17.2 Å². The van der Waals surface area contributed by atoms with Crippen LogP contribution in [0, 0.1) is 0 Å². The molecule has 4 aliphatic rings. The molecule has 3 aromatic rings. The fourth-order valence-corrected chi connectivity index (χ4v) is 11.7. The number of hydrogen-bond acceptors (Lipinski definition) is 24. The molecule has 0 bridgehead atoms. The molecule has 4 heterocycles. The lowest BCUT2D eigenvalue weighted by molar-refractivity contribution is 0.221. The van der Waals surface area contributed by atoms with Crippen molar-refractivity contribution in [2.75, 3.05) is 137 Å². The van der Waals surface area contributed by atoms with Gasteiger partial charge in [-0.25, -0.2) is 9.98 Å². The molecule has 2 aliphatic carbocycles. The Labute approximate surface area is 490 Å². The minimum absolute atomic E-state index is 0.0218. The first-order valence-electron chi connectivity index (χ1n) is 28.1. The van der Waals surface area contributed by atoms with Crippen molar-refractivity contribution in [3.05, 3.63) is 50.3 Å². The van der Waals surface area contributed by atoms with Crippen LogP contribution in [0.3, 0.4) is 0 Å². The minimum atomic E-state index is -5.14. The number of aromatic nitrogens is 7. The molecular formula is C52H78Cl2N18O8S2. The summed E-state index contributed by atoms with van der Waals surface area (Å²) in [6.45, 7) is 29.7. The Morgan fingerprint density at radius 3 is 1.50 bits per heavy atom. The van der Waals surface area contributed by atoms with Gasteiger partial charge in [0.05, 0.1) is 17.1 Å². The predicted molar refractivity (Wildman–Crippen MR) is 322 cm³/mol. The molecule has 8 N–H and O–H groups in total. The molecular weight excluding hydrogens is 1140 g/mol. The molecule has 26 nitrogen and oxygen atoms in total. The highest BCUT2D eigenvalue weighted by Gasteiger charge is 2.43. The van der Waals surface area contributed by atoms with Crippen LogP contribution in [0.25, 0.3) is 22.6 Å². The first-order chi connectivity index (χ1) is 39.4. The van der Waals surface area contributed by atoms with Gasteiger partial charge in [0.2, 0.25) is 29.7 Å². The Morgan fingerprint density at radius 1 is 0.610 bits per heavy atom. The third-order valence-electron chi connectivity index (χ3n) is 14.2. The predicted octanol–water partition coefficient (Wildman–Crippen LogP) is 6.99. The lowest BCUT2D eigenvalue weighted by Gasteiger charge is -2.37. The van der Waals surface area contributed by atoms with Crippen LogP contribution in [0.4, 0.5) is 41.4 Å². The lowest BCUT2D eigenvalue weighted by atomic mass is 10.00. The topological polar surface area (TPSA) is 319 Å². The van der Waals surface area contributed by atoms with E-state index in [1.54, 1.807) is 6.08 Å². The molecule has 0 radical (unpaired) electrons. The summed E-state index contributed by atoms with van der Waals surface area (Å²) >= 11 is 14.1. The van der Waals surface area contributed by atoms with Crippen LogP contribution < -0.4 is 42.0 Å². The monoisotopic (exact) mass is 1220 g/mol. The van der Waals surface area contributed by atoms with Gasteiger partial charge in [0.25, 0.3) is 16.1 Å². The highest BCUT2D eigenvalue weighted by Crippen LogP contribution is 2.51. The van der Waals surface area contributed by atoms with Crippen molar-refractivity contribution in [1.82, 2.24) is 54.5 Å². The number of nitrogens with zero attached hydrogens (tertiary/aromatic N) is 12. The van der Waals surface area contributed by atoms with Crippen LogP contribution in [-0.2, 0) is 20.2 Å². The molecule has 450 valence electrons. The van der Waals surface area contributed by atoms with Crippen molar-refractivity contribution in [3.63, 3.8) is 0 Å². The summed E-state index contributed by atoms with van der Waals surface area (Å²) in [5, 5.41) is 18.5. The second-order valence-electron chi connectivity index (χ2n) is 19.3. The van der Waals surface area contributed by atoms with E-state index in [0.29, 0.717) is 26.2 Å². The Kier molecular flexibility index (Phi) is 23.0. The molecule has 2 aliphatic heterocycles. The number of halogens is 2. The number of anilines is 6. The third-order valence-corrected chi connectivity index (χ3v) is 16.9. The lowest BCUT2D eigenvalue weighted by Crippen LogP contribution is -2.46. The Hall–Kier alpha value is -5.82. The highest BCUT2D eigenvalue weighted by atomic mass is 35.5. The van der Waals surface area contributed by atoms with Crippen molar-refractivity contribution >= 4 is 95.9 Å². The van der Waals surface area contributed by atoms with Crippen LogP contribution >= 0.6 is 23.2 Å². The van der Waals surface area contributed by atoms with Crippen LogP contribution in [-0.4, -0.2) is 197 Å². The SMILES string of the molecule is CCN(CC)CCCNc1nc(/N=c2\ccc3nc4c(Cl)c5c(c(Cl)c4oc-3c2S(=O)(=O)O)NC2C=CC(Nc3nc(NCCCN(CC)CC)nc(NCCCN(CC)CC)n3)=C(S(=O)(=O)O)C2O5)nc(NCCCN(CC)CC)n1. The number of benzene rings is 2.